The van der Waals surface area contributed by atoms with E-state index < -0.39 is 11.9 Å². The minimum Gasteiger partial charge on any atom is -0.478 e. The van der Waals surface area contributed by atoms with E-state index in [0.29, 0.717) is 13.0 Å². The Morgan fingerprint density at radius 2 is 1.86 bits per heavy atom. The molecule has 6 heteroatoms. The van der Waals surface area contributed by atoms with Crippen molar-refractivity contribution >= 4 is 11.9 Å². The second kappa shape index (κ2) is 6.51. The third-order valence-corrected chi connectivity index (χ3v) is 2.97. The summed E-state index contributed by atoms with van der Waals surface area (Å²) in [7, 11) is 0. The number of aromatic nitrogens is 1. The van der Waals surface area contributed by atoms with Gasteiger partial charge in [0.15, 0.2) is 5.43 Å². The van der Waals surface area contributed by atoms with Crippen molar-refractivity contribution in [2.45, 2.75) is 6.42 Å². The number of aromatic carboxylic acids is 1. The van der Waals surface area contributed by atoms with Crippen molar-refractivity contribution in [1.82, 2.24) is 10.3 Å². The van der Waals surface area contributed by atoms with Crippen molar-refractivity contribution in [2.75, 3.05) is 6.54 Å². The van der Waals surface area contributed by atoms with E-state index in [9.17, 15) is 14.4 Å². The molecule has 0 fully saturated rings. The number of H-pyrrole nitrogens is 1. The SMILES string of the molecule is O=C(O)c1ccc(CCNC(=O)c2c[nH]ccc2=O)cc1. The highest BCUT2D eigenvalue weighted by molar-refractivity contribution is 5.93. The molecular formula is C15H14N2O4. The van der Waals surface area contributed by atoms with E-state index in [2.05, 4.69) is 10.3 Å². The van der Waals surface area contributed by atoms with Gasteiger partial charge in [0, 0.05) is 25.0 Å². The van der Waals surface area contributed by atoms with Crippen LogP contribution in [-0.2, 0) is 6.42 Å². The first-order chi connectivity index (χ1) is 10.1. The standard InChI is InChI=1S/C15H14N2O4/c18-13-6-7-16-9-12(13)14(19)17-8-5-10-1-3-11(4-2-10)15(20)21/h1-4,6-7,9H,5,8H2,(H,16,18)(H,17,19)(H,20,21). The van der Waals surface area contributed by atoms with Gasteiger partial charge in [0.05, 0.1) is 5.56 Å². The summed E-state index contributed by atoms with van der Waals surface area (Å²) in [6.07, 6.45) is 3.37. The number of rotatable bonds is 5. The molecule has 1 aromatic heterocycles. The Bertz CT molecular complexity index is 704. The first-order valence-electron chi connectivity index (χ1n) is 6.35. The first-order valence-corrected chi connectivity index (χ1v) is 6.35. The van der Waals surface area contributed by atoms with Crippen LogP contribution in [0.2, 0.25) is 0 Å². The predicted molar refractivity (Wildman–Crippen MR) is 76.5 cm³/mol. The van der Waals surface area contributed by atoms with Crippen LogP contribution in [0.5, 0.6) is 0 Å². The number of carbonyl (C=O) groups excluding carboxylic acids is 1. The fraction of sp³-hybridized carbons (Fsp3) is 0.133. The molecule has 0 aliphatic heterocycles. The highest BCUT2D eigenvalue weighted by Gasteiger charge is 2.08. The van der Waals surface area contributed by atoms with Crippen LogP contribution < -0.4 is 10.7 Å². The van der Waals surface area contributed by atoms with Gasteiger partial charge in [-0.2, -0.15) is 0 Å². The van der Waals surface area contributed by atoms with E-state index in [0.717, 1.165) is 5.56 Å². The average Bonchev–Trinajstić information content (AvgIpc) is 2.48. The topological polar surface area (TPSA) is 99.3 Å². The lowest BCUT2D eigenvalue weighted by atomic mass is 10.1. The van der Waals surface area contributed by atoms with Crippen LogP contribution in [0.4, 0.5) is 0 Å². The lowest BCUT2D eigenvalue weighted by Gasteiger charge is -2.05. The number of hydrogen-bond donors (Lipinski definition) is 3. The molecule has 1 heterocycles. The van der Waals surface area contributed by atoms with Gasteiger partial charge in [0.2, 0.25) is 0 Å². The molecule has 3 N–H and O–H groups in total. The molecule has 0 saturated carbocycles. The zero-order valence-corrected chi connectivity index (χ0v) is 11.1. The minimum atomic E-state index is -0.974. The van der Waals surface area contributed by atoms with Crippen molar-refractivity contribution < 1.29 is 14.7 Å². The first kappa shape index (κ1) is 14.5. The number of amides is 1. The summed E-state index contributed by atoms with van der Waals surface area (Å²) in [5, 5.41) is 11.4. The number of hydrogen-bond acceptors (Lipinski definition) is 3. The van der Waals surface area contributed by atoms with Crippen molar-refractivity contribution in [3.63, 3.8) is 0 Å². The fourth-order valence-electron chi connectivity index (χ4n) is 1.82. The number of aromatic amines is 1. The van der Waals surface area contributed by atoms with Gasteiger partial charge in [-0.25, -0.2) is 4.79 Å². The Morgan fingerprint density at radius 1 is 1.14 bits per heavy atom. The van der Waals surface area contributed by atoms with Crippen molar-refractivity contribution in [2.24, 2.45) is 0 Å². The van der Waals surface area contributed by atoms with Crippen LogP contribution in [0.1, 0.15) is 26.3 Å². The van der Waals surface area contributed by atoms with Gasteiger partial charge in [-0.05, 0) is 24.1 Å². The molecule has 0 unspecified atom stereocenters. The lowest BCUT2D eigenvalue weighted by molar-refractivity contribution is 0.0696. The van der Waals surface area contributed by atoms with Crippen LogP contribution >= 0.6 is 0 Å². The predicted octanol–water partition coefficient (Wildman–Crippen LogP) is 1.05. The number of nitrogens with one attached hydrogen (secondary N) is 2. The zero-order chi connectivity index (χ0) is 15.2. The fourth-order valence-corrected chi connectivity index (χ4v) is 1.82. The summed E-state index contributed by atoms with van der Waals surface area (Å²) >= 11 is 0. The summed E-state index contributed by atoms with van der Waals surface area (Å²) in [6.45, 7) is 0.361. The number of carbonyl (C=O) groups is 2. The number of carboxylic acid groups (broad SMARTS) is 1. The monoisotopic (exact) mass is 286 g/mol. The second-order valence-electron chi connectivity index (χ2n) is 4.43. The Kier molecular flexibility index (Phi) is 4.50. The van der Waals surface area contributed by atoms with Crippen molar-refractivity contribution in [3.05, 3.63) is 69.6 Å². The Balaban J connectivity index is 1.90. The highest BCUT2D eigenvalue weighted by Crippen LogP contribution is 2.04. The molecule has 0 saturated heterocycles. The van der Waals surface area contributed by atoms with Crippen molar-refractivity contribution in [3.8, 4) is 0 Å². The molecule has 1 amide bonds. The Labute approximate surface area is 120 Å². The van der Waals surface area contributed by atoms with Gasteiger partial charge < -0.3 is 15.4 Å². The van der Waals surface area contributed by atoms with Crippen LogP contribution in [0, 0.1) is 0 Å². The number of benzene rings is 1. The molecule has 0 bridgehead atoms. The maximum atomic E-state index is 11.8. The molecule has 108 valence electrons. The number of carboxylic acids is 1. The second-order valence-corrected chi connectivity index (χ2v) is 4.43. The molecule has 0 atom stereocenters. The van der Waals surface area contributed by atoms with Gasteiger partial charge in [-0.3, -0.25) is 9.59 Å². The van der Waals surface area contributed by atoms with Crippen LogP contribution in [0.15, 0.2) is 47.5 Å². The third kappa shape index (κ3) is 3.79. The van der Waals surface area contributed by atoms with Gasteiger partial charge in [0.1, 0.15) is 5.56 Å². The smallest absolute Gasteiger partial charge is 0.335 e. The molecule has 0 aliphatic carbocycles. The summed E-state index contributed by atoms with van der Waals surface area (Å²) in [5.41, 5.74) is 0.858. The molecule has 0 radical (unpaired) electrons. The zero-order valence-electron chi connectivity index (χ0n) is 11.1. The maximum absolute atomic E-state index is 11.8. The van der Waals surface area contributed by atoms with Gasteiger partial charge >= 0.3 is 5.97 Å². The van der Waals surface area contributed by atoms with E-state index in [4.69, 9.17) is 5.11 Å². The summed E-state index contributed by atoms with van der Waals surface area (Å²) in [5.74, 6) is -1.41. The third-order valence-electron chi connectivity index (χ3n) is 2.97. The largest absolute Gasteiger partial charge is 0.478 e. The molecule has 1 aromatic carbocycles. The minimum absolute atomic E-state index is 0.0683. The van der Waals surface area contributed by atoms with Crippen LogP contribution in [0.3, 0.4) is 0 Å². The quantitative estimate of drug-likeness (QED) is 0.764. The summed E-state index contributed by atoms with van der Waals surface area (Å²) < 4.78 is 0. The Hall–Kier alpha value is -2.89. The Morgan fingerprint density at radius 3 is 2.48 bits per heavy atom. The van der Waals surface area contributed by atoms with E-state index in [1.165, 1.54) is 30.6 Å². The summed E-state index contributed by atoms with van der Waals surface area (Å²) in [4.78, 5) is 36.7. The molecule has 2 rings (SSSR count). The van der Waals surface area contributed by atoms with Gasteiger partial charge in [-0.1, -0.05) is 12.1 Å². The molecule has 0 spiro atoms. The van der Waals surface area contributed by atoms with E-state index in [1.807, 2.05) is 0 Å². The van der Waals surface area contributed by atoms with E-state index >= 15 is 0 Å². The normalized spacial score (nSPS) is 10.1. The maximum Gasteiger partial charge on any atom is 0.335 e. The molecule has 0 aliphatic rings. The molecule has 21 heavy (non-hydrogen) atoms. The van der Waals surface area contributed by atoms with Gasteiger partial charge in [-0.15, -0.1) is 0 Å². The molecule has 2 aromatic rings. The lowest BCUT2D eigenvalue weighted by Crippen LogP contribution is -2.30. The van der Waals surface area contributed by atoms with E-state index in [1.54, 1.807) is 12.1 Å². The van der Waals surface area contributed by atoms with Crippen LogP contribution in [-0.4, -0.2) is 28.5 Å². The van der Waals surface area contributed by atoms with Crippen molar-refractivity contribution in [1.29, 1.82) is 0 Å². The number of pyridine rings is 1. The van der Waals surface area contributed by atoms with E-state index in [-0.39, 0.29) is 16.6 Å². The van der Waals surface area contributed by atoms with Crippen LogP contribution in [0.25, 0.3) is 0 Å². The molecule has 6 nitrogen and oxygen atoms in total. The summed E-state index contributed by atoms with van der Waals surface area (Å²) in [6, 6.07) is 7.72. The average molecular weight is 286 g/mol. The molecular weight excluding hydrogens is 272 g/mol. The highest BCUT2D eigenvalue weighted by atomic mass is 16.4. The van der Waals surface area contributed by atoms with Gasteiger partial charge in [0.25, 0.3) is 5.91 Å².